The average molecular weight is 747 g/mol. The first-order chi connectivity index (χ1) is 28.2. The Morgan fingerprint density at radius 1 is 0.351 bits per heavy atom. The van der Waals surface area contributed by atoms with Gasteiger partial charge in [-0.3, -0.25) is 0 Å². The third kappa shape index (κ3) is 5.19. The number of hydrogen-bond acceptors (Lipinski definition) is 5. The number of nitrogens with zero attached hydrogens (tertiary/aromatic N) is 4. The molecular weight excluding hydrogens is 717 g/mol. The number of rotatable bonds is 5. The molecule has 0 fully saturated rings. The third-order valence-corrected chi connectivity index (χ3v) is 12.2. The molecule has 0 aliphatic heterocycles. The number of fused-ring (bicyclic) bond motifs is 9. The maximum Gasteiger partial charge on any atom is 0.164 e. The molecule has 57 heavy (non-hydrogen) atoms. The molecular formula is C51H30N4OS. The van der Waals surface area contributed by atoms with E-state index in [2.05, 4.69) is 162 Å². The van der Waals surface area contributed by atoms with Gasteiger partial charge in [0.15, 0.2) is 17.5 Å². The summed E-state index contributed by atoms with van der Waals surface area (Å²) in [6.45, 7) is 0. The summed E-state index contributed by atoms with van der Waals surface area (Å²) in [7, 11) is 0. The summed E-state index contributed by atoms with van der Waals surface area (Å²) in [5.41, 5.74) is 10.1. The van der Waals surface area contributed by atoms with Gasteiger partial charge in [0, 0.05) is 64.1 Å². The predicted octanol–water partition coefficient (Wildman–Crippen LogP) is 13.9. The maximum absolute atomic E-state index is 6.31. The Balaban J connectivity index is 1.04. The van der Waals surface area contributed by atoms with E-state index in [1.54, 1.807) is 11.3 Å². The molecule has 266 valence electrons. The normalized spacial score (nSPS) is 11.9. The Hall–Kier alpha value is -7.41. The van der Waals surface area contributed by atoms with E-state index < -0.39 is 0 Å². The van der Waals surface area contributed by atoms with Crippen LogP contribution >= 0.6 is 11.3 Å². The first-order valence-corrected chi connectivity index (χ1v) is 19.8. The van der Waals surface area contributed by atoms with Crippen molar-refractivity contribution in [1.29, 1.82) is 0 Å². The largest absolute Gasteiger partial charge is 0.456 e. The van der Waals surface area contributed by atoms with Crippen molar-refractivity contribution in [1.82, 2.24) is 19.5 Å². The molecule has 0 unspecified atom stereocenters. The van der Waals surface area contributed by atoms with Crippen molar-refractivity contribution >= 4 is 75.3 Å². The molecule has 0 amide bonds. The van der Waals surface area contributed by atoms with Gasteiger partial charge in [0.25, 0.3) is 0 Å². The molecule has 0 radical (unpaired) electrons. The van der Waals surface area contributed by atoms with Crippen molar-refractivity contribution in [3.05, 3.63) is 182 Å². The van der Waals surface area contributed by atoms with Gasteiger partial charge in [-0.15, -0.1) is 11.3 Å². The molecule has 4 aromatic heterocycles. The number of furan rings is 1. The number of thiophene rings is 1. The molecule has 4 heterocycles. The van der Waals surface area contributed by atoms with E-state index in [9.17, 15) is 0 Å². The molecule has 0 saturated heterocycles. The van der Waals surface area contributed by atoms with E-state index in [1.807, 2.05) is 24.3 Å². The van der Waals surface area contributed by atoms with E-state index in [-0.39, 0.29) is 0 Å². The molecule has 0 bridgehead atoms. The van der Waals surface area contributed by atoms with Crippen LogP contribution in [-0.2, 0) is 0 Å². The second kappa shape index (κ2) is 12.6. The molecule has 12 aromatic rings. The summed E-state index contributed by atoms with van der Waals surface area (Å²) in [6.07, 6.45) is 0. The van der Waals surface area contributed by atoms with Crippen LogP contribution in [0.3, 0.4) is 0 Å². The monoisotopic (exact) mass is 746 g/mol. The average Bonchev–Trinajstić information content (AvgIpc) is 3.95. The summed E-state index contributed by atoms with van der Waals surface area (Å²) >= 11 is 1.80. The Morgan fingerprint density at radius 3 is 1.81 bits per heavy atom. The van der Waals surface area contributed by atoms with E-state index >= 15 is 0 Å². The minimum atomic E-state index is 0.586. The summed E-state index contributed by atoms with van der Waals surface area (Å²) in [5.74, 6) is 1.81. The smallest absolute Gasteiger partial charge is 0.164 e. The SMILES string of the molecule is c1ccc(-c2ccc3c(c2)c2ccccc2n3-c2cccc(-c3nc(-c4ccc5c(c4)oc4ccccc45)nc(-c4ccc5sc6ccccc6c5c4)n3)c2)cc1. The molecule has 5 nitrogen and oxygen atoms in total. The Morgan fingerprint density at radius 2 is 0.947 bits per heavy atom. The van der Waals surface area contributed by atoms with Crippen molar-refractivity contribution in [2.24, 2.45) is 0 Å². The molecule has 0 atom stereocenters. The highest BCUT2D eigenvalue weighted by atomic mass is 32.1. The van der Waals surface area contributed by atoms with Gasteiger partial charge in [0.1, 0.15) is 11.2 Å². The fraction of sp³-hybridized carbons (Fsp3) is 0. The van der Waals surface area contributed by atoms with Gasteiger partial charge in [-0.1, -0.05) is 109 Å². The molecule has 0 N–H and O–H groups in total. The van der Waals surface area contributed by atoms with Crippen LogP contribution in [-0.4, -0.2) is 19.5 Å². The third-order valence-electron chi connectivity index (χ3n) is 11.0. The topological polar surface area (TPSA) is 56.7 Å². The molecule has 6 heteroatoms. The van der Waals surface area contributed by atoms with Crippen LogP contribution in [0.1, 0.15) is 0 Å². The zero-order valence-electron chi connectivity index (χ0n) is 30.4. The van der Waals surface area contributed by atoms with Gasteiger partial charge in [0.05, 0.1) is 11.0 Å². The number of aromatic nitrogens is 4. The lowest BCUT2D eigenvalue weighted by Gasteiger charge is -2.12. The van der Waals surface area contributed by atoms with Crippen LogP contribution < -0.4 is 0 Å². The van der Waals surface area contributed by atoms with Crippen LogP contribution in [0.5, 0.6) is 0 Å². The lowest BCUT2D eigenvalue weighted by atomic mass is 10.0. The highest BCUT2D eigenvalue weighted by Gasteiger charge is 2.18. The summed E-state index contributed by atoms with van der Waals surface area (Å²) < 4.78 is 11.2. The standard InChI is InChI=1S/C51H30N4OS/c1-2-11-31(12-3-1)32-22-25-44-41(28-32)37-15-4-7-18-43(37)55(44)36-14-10-13-33(27-36)49-52-50(34-23-26-48-42(29-34)40-17-6-9-20-47(40)57-48)54-51(53-49)35-21-24-39-38-16-5-8-19-45(38)56-46(39)30-35/h1-30H. The lowest BCUT2D eigenvalue weighted by Crippen LogP contribution is -2.01. The second-order valence-electron chi connectivity index (χ2n) is 14.4. The van der Waals surface area contributed by atoms with Gasteiger partial charge in [-0.2, -0.15) is 0 Å². The molecule has 12 rings (SSSR count). The molecule has 8 aromatic carbocycles. The van der Waals surface area contributed by atoms with Gasteiger partial charge >= 0.3 is 0 Å². The molecule has 0 spiro atoms. The van der Waals surface area contributed by atoms with Crippen LogP contribution in [0.15, 0.2) is 186 Å². The maximum atomic E-state index is 6.31. The minimum absolute atomic E-state index is 0.586. The zero-order chi connectivity index (χ0) is 37.5. The second-order valence-corrected chi connectivity index (χ2v) is 15.5. The lowest BCUT2D eigenvalue weighted by molar-refractivity contribution is 0.669. The van der Waals surface area contributed by atoms with Crippen LogP contribution in [0.4, 0.5) is 0 Å². The van der Waals surface area contributed by atoms with Crippen molar-refractivity contribution in [3.8, 4) is 51.0 Å². The first kappa shape index (κ1) is 31.9. The van der Waals surface area contributed by atoms with E-state index in [4.69, 9.17) is 19.4 Å². The van der Waals surface area contributed by atoms with Crippen molar-refractivity contribution < 1.29 is 4.42 Å². The van der Waals surface area contributed by atoms with Crippen molar-refractivity contribution in [2.75, 3.05) is 0 Å². The number of benzene rings is 8. The highest BCUT2D eigenvalue weighted by molar-refractivity contribution is 7.25. The van der Waals surface area contributed by atoms with Crippen molar-refractivity contribution in [2.45, 2.75) is 0 Å². The molecule has 0 aliphatic carbocycles. The number of hydrogen-bond donors (Lipinski definition) is 0. The van der Waals surface area contributed by atoms with Crippen LogP contribution in [0.2, 0.25) is 0 Å². The summed E-state index contributed by atoms with van der Waals surface area (Å²) in [6, 6.07) is 64.0. The van der Waals surface area contributed by atoms with Gasteiger partial charge in [0.2, 0.25) is 0 Å². The van der Waals surface area contributed by atoms with E-state index in [0.29, 0.717) is 17.5 Å². The molecule has 0 aliphatic rings. The summed E-state index contributed by atoms with van der Waals surface area (Å²) in [4.78, 5) is 15.5. The van der Waals surface area contributed by atoms with Gasteiger partial charge in [-0.25, -0.2) is 15.0 Å². The fourth-order valence-electron chi connectivity index (χ4n) is 8.34. The van der Waals surface area contributed by atoms with E-state index in [0.717, 1.165) is 55.3 Å². The minimum Gasteiger partial charge on any atom is -0.456 e. The van der Waals surface area contributed by atoms with Crippen LogP contribution in [0, 0.1) is 0 Å². The number of para-hydroxylation sites is 2. The first-order valence-electron chi connectivity index (χ1n) is 19.0. The predicted molar refractivity (Wildman–Crippen MR) is 236 cm³/mol. The Bertz CT molecular complexity index is 3540. The highest BCUT2D eigenvalue weighted by Crippen LogP contribution is 2.39. The van der Waals surface area contributed by atoms with Gasteiger partial charge < -0.3 is 8.98 Å². The summed E-state index contributed by atoms with van der Waals surface area (Å²) in [5, 5.41) is 7.00. The van der Waals surface area contributed by atoms with Crippen LogP contribution in [0.25, 0.3) is 115 Å². The molecule has 0 saturated carbocycles. The quantitative estimate of drug-likeness (QED) is 0.176. The fourth-order valence-corrected chi connectivity index (χ4v) is 9.43. The van der Waals surface area contributed by atoms with E-state index in [1.165, 1.54) is 42.1 Å². The van der Waals surface area contributed by atoms with Crippen molar-refractivity contribution in [3.63, 3.8) is 0 Å². The Kier molecular flexibility index (Phi) is 7.03. The van der Waals surface area contributed by atoms with Gasteiger partial charge in [-0.05, 0) is 83.9 Å². The zero-order valence-corrected chi connectivity index (χ0v) is 31.2. The Labute approximate surface area is 330 Å².